The predicted molar refractivity (Wildman–Crippen MR) is 75.3 cm³/mol. The number of nitrogens with one attached hydrogen (secondary N) is 2. The van der Waals surface area contributed by atoms with E-state index in [1.54, 1.807) is 0 Å². The van der Waals surface area contributed by atoms with Crippen LogP contribution in [0.1, 0.15) is 0 Å². The third-order valence-electron chi connectivity index (χ3n) is 1.93. The van der Waals surface area contributed by atoms with Gasteiger partial charge in [0.15, 0.2) is 0 Å². The van der Waals surface area contributed by atoms with Crippen LogP contribution in [0, 0.1) is 0 Å². The number of hydrogen-bond acceptors (Lipinski definition) is 4. The first-order valence-electron chi connectivity index (χ1n) is 5.43. The molecule has 0 aliphatic heterocycles. The summed E-state index contributed by atoms with van der Waals surface area (Å²) in [6, 6.07) is 5.60. The molecule has 0 radical (unpaired) electrons. The highest BCUT2D eigenvalue weighted by atomic mass is 32.2. The fourth-order valence-electron chi connectivity index (χ4n) is 1.17. The first-order chi connectivity index (χ1) is 9.57. The standard InChI is InChI=1S/C10H12F3N3O3S2/c11-10(12,13)6-15-21(17,18)16-7-2-1-3-8(4-7)19-5-9(14)20/h1-4,15-16H,5-6H2,(H2,14,20). The highest BCUT2D eigenvalue weighted by molar-refractivity contribution is 7.90. The maximum atomic E-state index is 12.0. The smallest absolute Gasteiger partial charge is 0.402 e. The molecule has 0 aromatic heterocycles. The van der Waals surface area contributed by atoms with Gasteiger partial charge in [0.2, 0.25) is 0 Å². The number of anilines is 1. The summed E-state index contributed by atoms with van der Waals surface area (Å²) in [6.45, 7) is -1.71. The summed E-state index contributed by atoms with van der Waals surface area (Å²) < 4.78 is 67.2. The van der Waals surface area contributed by atoms with Crippen molar-refractivity contribution in [2.45, 2.75) is 6.18 Å². The van der Waals surface area contributed by atoms with Gasteiger partial charge in [0.25, 0.3) is 10.2 Å². The molecule has 1 aromatic rings. The van der Waals surface area contributed by atoms with Gasteiger partial charge in [-0.1, -0.05) is 18.3 Å². The van der Waals surface area contributed by atoms with Crippen LogP contribution in [0.3, 0.4) is 0 Å². The third-order valence-corrected chi connectivity index (χ3v) is 3.08. The molecule has 21 heavy (non-hydrogen) atoms. The number of thiocarbonyl (C=S) groups is 1. The first kappa shape index (κ1) is 17.5. The highest BCUT2D eigenvalue weighted by Gasteiger charge is 2.29. The molecule has 0 saturated heterocycles. The molecule has 0 fully saturated rings. The maximum absolute atomic E-state index is 12.0. The number of alkyl halides is 3. The van der Waals surface area contributed by atoms with E-state index < -0.39 is 22.9 Å². The summed E-state index contributed by atoms with van der Waals surface area (Å²) in [5.41, 5.74) is 5.27. The van der Waals surface area contributed by atoms with Crippen molar-refractivity contribution in [1.29, 1.82) is 0 Å². The van der Waals surface area contributed by atoms with Gasteiger partial charge in [-0.15, -0.1) is 0 Å². The molecule has 0 amide bonds. The van der Waals surface area contributed by atoms with Crippen molar-refractivity contribution in [2.75, 3.05) is 17.9 Å². The molecule has 0 bridgehead atoms. The number of ether oxygens (including phenoxy) is 1. The van der Waals surface area contributed by atoms with Crippen LogP contribution in [0.15, 0.2) is 24.3 Å². The van der Waals surface area contributed by atoms with Gasteiger partial charge in [0.1, 0.15) is 23.9 Å². The second-order valence-electron chi connectivity index (χ2n) is 3.82. The van der Waals surface area contributed by atoms with Crippen LogP contribution in [0.2, 0.25) is 0 Å². The van der Waals surface area contributed by atoms with Crippen LogP contribution in [0.4, 0.5) is 18.9 Å². The Balaban J connectivity index is 2.69. The minimum atomic E-state index is -4.64. The molecular weight excluding hydrogens is 331 g/mol. The molecule has 0 unspecified atom stereocenters. The first-order valence-corrected chi connectivity index (χ1v) is 7.32. The van der Waals surface area contributed by atoms with Crippen LogP contribution < -0.4 is 19.9 Å². The number of rotatable bonds is 7. The monoisotopic (exact) mass is 343 g/mol. The van der Waals surface area contributed by atoms with Gasteiger partial charge < -0.3 is 10.5 Å². The van der Waals surface area contributed by atoms with Gasteiger partial charge in [0.05, 0.1) is 5.69 Å². The lowest BCUT2D eigenvalue weighted by Gasteiger charge is -2.12. The molecule has 1 rings (SSSR count). The van der Waals surface area contributed by atoms with Crippen molar-refractivity contribution < 1.29 is 26.3 Å². The van der Waals surface area contributed by atoms with E-state index in [2.05, 4.69) is 12.2 Å². The summed E-state index contributed by atoms with van der Waals surface area (Å²) in [5.74, 6) is 0.263. The molecule has 0 aliphatic carbocycles. The highest BCUT2D eigenvalue weighted by Crippen LogP contribution is 2.18. The van der Waals surface area contributed by atoms with E-state index in [1.807, 2.05) is 4.72 Å². The lowest BCUT2D eigenvalue weighted by molar-refractivity contribution is -0.121. The molecule has 6 nitrogen and oxygen atoms in total. The summed E-state index contributed by atoms with van der Waals surface area (Å²) in [7, 11) is -4.34. The van der Waals surface area contributed by atoms with Gasteiger partial charge in [-0.3, -0.25) is 4.72 Å². The number of nitrogens with two attached hydrogens (primary N) is 1. The summed E-state index contributed by atoms with van der Waals surface area (Å²) in [5, 5.41) is 0. The minimum absolute atomic E-state index is 0.0325. The van der Waals surface area contributed by atoms with Gasteiger partial charge in [-0.25, -0.2) is 0 Å². The molecule has 0 heterocycles. The predicted octanol–water partition coefficient (Wildman–Crippen LogP) is 1.16. The maximum Gasteiger partial charge on any atom is 0.402 e. The molecule has 4 N–H and O–H groups in total. The van der Waals surface area contributed by atoms with Crippen LogP contribution in [0.5, 0.6) is 5.75 Å². The normalized spacial score (nSPS) is 12.0. The van der Waals surface area contributed by atoms with E-state index in [9.17, 15) is 21.6 Å². The van der Waals surface area contributed by atoms with Gasteiger partial charge >= 0.3 is 6.18 Å². The van der Waals surface area contributed by atoms with Crippen LogP contribution >= 0.6 is 12.2 Å². The van der Waals surface area contributed by atoms with Crippen LogP contribution in [-0.4, -0.2) is 32.7 Å². The molecule has 0 aliphatic rings. The van der Waals surface area contributed by atoms with Crippen molar-refractivity contribution in [2.24, 2.45) is 5.73 Å². The number of halogens is 3. The average molecular weight is 343 g/mol. The molecular formula is C10H12F3N3O3S2. The van der Waals surface area contributed by atoms with Crippen molar-refractivity contribution in [3.63, 3.8) is 0 Å². The van der Waals surface area contributed by atoms with Gasteiger partial charge in [0, 0.05) is 6.07 Å². The van der Waals surface area contributed by atoms with E-state index in [4.69, 9.17) is 10.5 Å². The summed E-state index contributed by atoms with van der Waals surface area (Å²) >= 11 is 4.61. The molecule has 11 heteroatoms. The van der Waals surface area contributed by atoms with Crippen LogP contribution in [-0.2, 0) is 10.2 Å². The van der Waals surface area contributed by atoms with Crippen molar-refractivity contribution >= 4 is 33.1 Å². The van der Waals surface area contributed by atoms with Crippen molar-refractivity contribution in [3.8, 4) is 5.75 Å². The largest absolute Gasteiger partial charge is 0.486 e. The van der Waals surface area contributed by atoms with Gasteiger partial charge in [-0.05, 0) is 12.1 Å². The van der Waals surface area contributed by atoms with E-state index in [1.165, 1.54) is 29.0 Å². The third kappa shape index (κ3) is 7.68. The molecule has 0 atom stereocenters. The molecule has 0 saturated carbocycles. The Morgan fingerprint density at radius 1 is 1.38 bits per heavy atom. The second kappa shape index (κ2) is 6.91. The van der Waals surface area contributed by atoms with Crippen molar-refractivity contribution in [1.82, 2.24) is 4.72 Å². The fraction of sp³-hybridized carbons (Fsp3) is 0.300. The molecule has 1 aromatic carbocycles. The lowest BCUT2D eigenvalue weighted by Crippen LogP contribution is -2.37. The van der Waals surface area contributed by atoms with Crippen LogP contribution in [0.25, 0.3) is 0 Å². The average Bonchev–Trinajstić information content (AvgIpc) is 2.33. The second-order valence-corrected chi connectivity index (χ2v) is 5.85. The SMILES string of the molecule is NC(=S)COc1cccc(NS(=O)(=O)NCC(F)(F)F)c1. The zero-order chi connectivity index (χ0) is 16.1. The summed E-state index contributed by atoms with van der Waals surface area (Å²) in [4.78, 5) is 0.104. The molecule has 0 spiro atoms. The van der Waals surface area contributed by atoms with Crippen molar-refractivity contribution in [3.05, 3.63) is 24.3 Å². The Morgan fingerprint density at radius 3 is 2.62 bits per heavy atom. The molecule has 118 valence electrons. The van der Waals surface area contributed by atoms with E-state index in [0.29, 0.717) is 0 Å². The Bertz CT molecular complexity index is 605. The Morgan fingerprint density at radius 2 is 2.05 bits per heavy atom. The Kier molecular flexibility index (Phi) is 5.75. The summed E-state index contributed by atoms with van der Waals surface area (Å²) in [6.07, 6.45) is -4.64. The fourth-order valence-corrected chi connectivity index (χ4v) is 2.09. The zero-order valence-electron chi connectivity index (χ0n) is 10.5. The number of benzene rings is 1. The topological polar surface area (TPSA) is 93.4 Å². The van der Waals surface area contributed by atoms with E-state index in [0.717, 1.165) is 0 Å². The quantitative estimate of drug-likeness (QED) is 0.646. The zero-order valence-corrected chi connectivity index (χ0v) is 12.1. The van der Waals surface area contributed by atoms with Gasteiger partial charge in [-0.2, -0.15) is 26.3 Å². The Labute approximate surface area is 124 Å². The van der Waals surface area contributed by atoms with E-state index in [-0.39, 0.29) is 23.0 Å². The van der Waals surface area contributed by atoms with E-state index >= 15 is 0 Å². The Hall–Kier alpha value is -1.59. The minimum Gasteiger partial charge on any atom is -0.486 e. The number of hydrogen-bond donors (Lipinski definition) is 3. The lowest BCUT2D eigenvalue weighted by atomic mass is 10.3.